The van der Waals surface area contributed by atoms with E-state index in [-0.39, 0.29) is 17.9 Å². The third-order valence-electron chi connectivity index (χ3n) is 5.37. The van der Waals surface area contributed by atoms with Gasteiger partial charge in [0.1, 0.15) is 11.7 Å². The topological polar surface area (TPSA) is 62.7 Å². The molecule has 0 radical (unpaired) electrons. The van der Waals surface area contributed by atoms with Crippen molar-refractivity contribution in [2.45, 2.75) is 51.0 Å². The van der Waals surface area contributed by atoms with E-state index in [9.17, 15) is 9.59 Å². The maximum atomic E-state index is 12.6. The number of hydrogen-bond donors (Lipinski definition) is 0. The highest BCUT2D eigenvalue weighted by Gasteiger charge is 2.30. The summed E-state index contributed by atoms with van der Waals surface area (Å²) in [6.45, 7) is 1.30. The van der Waals surface area contributed by atoms with Gasteiger partial charge in [0.15, 0.2) is 0 Å². The van der Waals surface area contributed by atoms with Gasteiger partial charge in [-0.2, -0.15) is 0 Å². The minimum absolute atomic E-state index is 0.103. The predicted octanol–water partition coefficient (Wildman–Crippen LogP) is 2.73. The van der Waals surface area contributed by atoms with Crippen molar-refractivity contribution in [1.82, 2.24) is 14.8 Å². The van der Waals surface area contributed by atoms with E-state index in [1.807, 2.05) is 4.90 Å². The maximum absolute atomic E-state index is 12.6. The second kappa shape index (κ2) is 8.52. The first-order chi connectivity index (χ1) is 12.5. The Hall–Kier alpha value is -2.11. The van der Waals surface area contributed by atoms with E-state index in [0.29, 0.717) is 30.3 Å². The zero-order chi connectivity index (χ0) is 18.5. The van der Waals surface area contributed by atoms with Crippen molar-refractivity contribution in [3.05, 3.63) is 23.9 Å². The van der Waals surface area contributed by atoms with Gasteiger partial charge in [-0.1, -0.05) is 19.3 Å². The third kappa shape index (κ3) is 4.54. The SMILES string of the molecule is CN(C)C(=O)c1cccnc1OC1CCN(C(=O)CC2CCCCC2)C1. The lowest BCUT2D eigenvalue weighted by atomic mass is 9.87. The van der Waals surface area contributed by atoms with Crippen LogP contribution in [0, 0.1) is 5.92 Å². The maximum Gasteiger partial charge on any atom is 0.258 e. The first-order valence-corrected chi connectivity index (χ1v) is 9.65. The lowest BCUT2D eigenvalue weighted by molar-refractivity contribution is -0.131. The smallest absolute Gasteiger partial charge is 0.258 e. The van der Waals surface area contributed by atoms with Gasteiger partial charge >= 0.3 is 0 Å². The Morgan fingerprint density at radius 1 is 1.23 bits per heavy atom. The molecule has 1 unspecified atom stereocenters. The minimum Gasteiger partial charge on any atom is -0.472 e. The van der Waals surface area contributed by atoms with Crippen LogP contribution < -0.4 is 4.74 Å². The molecule has 1 saturated heterocycles. The largest absolute Gasteiger partial charge is 0.472 e. The molecule has 1 aromatic rings. The molecule has 0 spiro atoms. The molecule has 1 aliphatic heterocycles. The first kappa shape index (κ1) is 18.7. The fraction of sp³-hybridized carbons (Fsp3) is 0.650. The molecule has 6 heteroatoms. The molecular weight excluding hydrogens is 330 g/mol. The number of carbonyl (C=O) groups is 2. The van der Waals surface area contributed by atoms with Crippen LogP contribution in [-0.4, -0.2) is 59.9 Å². The van der Waals surface area contributed by atoms with E-state index in [0.717, 1.165) is 13.0 Å². The normalized spacial score (nSPS) is 20.8. The number of aromatic nitrogens is 1. The minimum atomic E-state index is -0.128. The molecule has 1 atom stereocenters. The fourth-order valence-electron chi connectivity index (χ4n) is 3.86. The quantitative estimate of drug-likeness (QED) is 0.811. The van der Waals surface area contributed by atoms with Gasteiger partial charge in [-0.05, 0) is 30.9 Å². The standard InChI is InChI=1S/C20H29N3O3/c1-22(2)20(25)17-9-6-11-21-19(17)26-16-10-12-23(14-16)18(24)13-15-7-4-3-5-8-15/h6,9,11,15-16H,3-5,7-8,10,12-14H2,1-2H3. The Morgan fingerprint density at radius 2 is 2.00 bits per heavy atom. The van der Waals surface area contributed by atoms with Crippen LogP contribution in [0.25, 0.3) is 0 Å². The van der Waals surface area contributed by atoms with Crippen LogP contribution in [0.4, 0.5) is 0 Å². The second-order valence-electron chi connectivity index (χ2n) is 7.63. The average Bonchev–Trinajstić information content (AvgIpc) is 3.11. The van der Waals surface area contributed by atoms with Gasteiger partial charge in [-0.25, -0.2) is 4.98 Å². The number of nitrogens with zero attached hydrogens (tertiary/aromatic N) is 3. The lowest BCUT2D eigenvalue weighted by Gasteiger charge is -2.24. The monoisotopic (exact) mass is 359 g/mol. The summed E-state index contributed by atoms with van der Waals surface area (Å²) in [5, 5.41) is 0. The van der Waals surface area contributed by atoms with Crippen molar-refractivity contribution in [3.8, 4) is 5.88 Å². The van der Waals surface area contributed by atoms with Crippen molar-refractivity contribution in [3.63, 3.8) is 0 Å². The van der Waals surface area contributed by atoms with Crippen molar-refractivity contribution < 1.29 is 14.3 Å². The van der Waals surface area contributed by atoms with Gasteiger partial charge in [0.2, 0.25) is 11.8 Å². The average molecular weight is 359 g/mol. The van der Waals surface area contributed by atoms with Gasteiger partial charge in [-0.15, -0.1) is 0 Å². The molecule has 3 rings (SSSR count). The summed E-state index contributed by atoms with van der Waals surface area (Å²) >= 11 is 0. The van der Waals surface area contributed by atoms with Gasteiger partial charge in [0, 0.05) is 39.7 Å². The molecule has 0 N–H and O–H groups in total. The van der Waals surface area contributed by atoms with Gasteiger partial charge in [0.05, 0.1) is 6.54 Å². The lowest BCUT2D eigenvalue weighted by Crippen LogP contribution is -2.32. The summed E-state index contributed by atoms with van der Waals surface area (Å²) < 4.78 is 6.00. The molecule has 142 valence electrons. The molecule has 1 aromatic heterocycles. The molecule has 0 bridgehead atoms. The highest BCUT2D eigenvalue weighted by Crippen LogP contribution is 2.28. The van der Waals surface area contributed by atoms with Crippen LogP contribution >= 0.6 is 0 Å². The van der Waals surface area contributed by atoms with E-state index in [4.69, 9.17) is 4.74 Å². The second-order valence-corrected chi connectivity index (χ2v) is 7.63. The van der Waals surface area contributed by atoms with E-state index in [2.05, 4.69) is 4.98 Å². The Kier molecular flexibility index (Phi) is 6.12. The summed E-state index contributed by atoms with van der Waals surface area (Å²) in [6.07, 6.45) is 9.16. The van der Waals surface area contributed by atoms with E-state index in [1.165, 1.54) is 37.0 Å². The van der Waals surface area contributed by atoms with Crippen LogP contribution in [0.3, 0.4) is 0 Å². The van der Waals surface area contributed by atoms with Gasteiger partial charge in [-0.3, -0.25) is 9.59 Å². The number of carbonyl (C=O) groups excluding carboxylic acids is 2. The molecule has 26 heavy (non-hydrogen) atoms. The fourth-order valence-corrected chi connectivity index (χ4v) is 3.86. The molecule has 2 amide bonds. The molecule has 2 aliphatic rings. The summed E-state index contributed by atoms with van der Waals surface area (Å²) in [5.41, 5.74) is 0.462. The van der Waals surface area contributed by atoms with E-state index >= 15 is 0 Å². The molecule has 2 fully saturated rings. The number of ether oxygens (including phenoxy) is 1. The summed E-state index contributed by atoms with van der Waals surface area (Å²) in [6, 6.07) is 3.46. The number of likely N-dealkylation sites (tertiary alicyclic amines) is 1. The molecule has 6 nitrogen and oxygen atoms in total. The van der Waals surface area contributed by atoms with E-state index in [1.54, 1.807) is 32.4 Å². The number of pyridine rings is 1. The van der Waals surface area contributed by atoms with E-state index < -0.39 is 0 Å². The first-order valence-electron chi connectivity index (χ1n) is 9.65. The zero-order valence-corrected chi connectivity index (χ0v) is 15.8. The Bertz CT molecular complexity index is 641. The van der Waals surface area contributed by atoms with Crippen LogP contribution in [0.15, 0.2) is 18.3 Å². The number of amides is 2. The molecule has 1 aliphatic carbocycles. The van der Waals surface area contributed by atoms with Crippen molar-refractivity contribution in [1.29, 1.82) is 0 Å². The number of rotatable bonds is 5. The molecule has 1 saturated carbocycles. The summed E-state index contributed by atoms with van der Waals surface area (Å²) in [4.78, 5) is 32.5. The van der Waals surface area contributed by atoms with Gasteiger partial charge < -0.3 is 14.5 Å². The van der Waals surface area contributed by atoms with Crippen LogP contribution in [0.5, 0.6) is 5.88 Å². The molecular formula is C20H29N3O3. The Morgan fingerprint density at radius 3 is 2.73 bits per heavy atom. The Labute approximate surface area is 155 Å². The Balaban J connectivity index is 1.56. The molecule has 2 heterocycles. The predicted molar refractivity (Wildman–Crippen MR) is 99.1 cm³/mol. The van der Waals surface area contributed by atoms with Crippen LogP contribution in [0.1, 0.15) is 55.3 Å². The number of hydrogen-bond acceptors (Lipinski definition) is 4. The van der Waals surface area contributed by atoms with Crippen molar-refractivity contribution in [2.75, 3.05) is 27.2 Å². The highest BCUT2D eigenvalue weighted by molar-refractivity contribution is 5.96. The summed E-state index contributed by atoms with van der Waals surface area (Å²) in [7, 11) is 3.42. The van der Waals surface area contributed by atoms with Gasteiger partial charge in [0.25, 0.3) is 5.91 Å². The summed E-state index contributed by atoms with van der Waals surface area (Å²) in [5.74, 6) is 1.03. The molecule has 0 aromatic carbocycles. The third-order valence-corrected chi connectivity index (χ3v) is 5.37. The van der Waals surface area contributed by atoms with Crippen molar-refractivity contribution >= 4 is 11.8 Å². The van der Waals surface area contributed by atoms with Crippen molar-refractivity contribution in [2.24, 2.45) is 5.92 Å². The highest BCUT2D eigenvalue weighted by atomic mass is 16.5. The van der Waals surface area contributed by atoms with Crippen LogP contribution in [0.2, 0.25) is 0 Å². The van der Waals surface area contributed by atoms with Crippen LogP contribution in [-0.2, 0) is 4.79 Å². The zero-order valence-electron chi connectivity index (χ0n) is 15.8.